The molecule has 0 saturated carbocycles. The number of hydrogen-bond donors (Lipinski definition) is 4. The zero-order valence-corrected chi connectivity index (χ0v) is 19.4. The minimum absolute atomic E-state index is 0.137. The number of rotatable bonds is 10. The highest BCUT2D eigenvalue weighted by atomic mass is 35.5. The van der Waals surface area contributed by atoms with Crippen LogP contribution in [-0.2, 0) is 9.59 Å². The number of hydrogen-bond acceptors (Lipinski definition) is 6. The van der Waals surface area contributed by atoms with Crippen molar-refractivity contribution in [1.82, 2.24) is 15.5 Å². The first kappa shape index (κ1) is 26.1. The maximum Gasteiger partial charge on any atom is 0.249 e. The van der Waals surface area contributed by atoms with Crippen molar-refractivity contribution in [3.63, 3.8) is 0 Å². The molecule has 1 aliphatic heterocycles. The number of carbonyl (C=O) groups is 2. The van der Waals surface area contributed by atoms with Crippen LogP contribution in [-0.4, -0.2) is 71.7 Å². The Kier molecular flexibility index (Phi) is 9.91. The van der Waals surface area contributed by atoms with Crippen molar-refractivity contribution in [3.8, 4) is 6.07 Å². The Morgan fingerprint density at radius 2 is 1.94 bits per heavy atom. The number of aliphatic hydroxyl groups excluding tert-OH is 2. The molecule has 4 N–H and O–H groups in total. The van der Waals surface area contributed by atoms with Gasteiger partial charge in [0.1, 0.15) is 12.0 Å². The first-order valence-corrected chi connectivity index (χ1v) is 11.4. The van der Waals surface area contributed by atoms with Crippen LogP contribution in [0.25, 0.3) is 0 Å². The lowest BCUT2D eigenvalue weighted by molar-refractivity contribution is -0.138. The van der Waals surface area contributed by atoms with Crippen LogP contribution in [0.5, 0.6) is 0 Å². The number of nitrogens with zero attached hydrogens (tertiary/aromatic N) is 2. The van der Waals surface area contributed by atoms with E-state index in [1.807, 2.05) is 12.1 Å². The highest BCUT2D eigenvalue weighted by Crippen LogP contribution is 2.34. The lowest BCUT2D eigenvalue weighted by atomic mass is 9.84. The van der Waals surface area contributed by atoms with E-state index in [9.17, 15) is 19.8 Å². The number of amides is 2. The smallest absolute Gasteiger partial charge is 0.249 e. The van der Waals surface area contributed by atoms with Crippen molar-refractivity contribution in [2.24, 2.45) is 11.3 Å². The molecule has 2 rings (SSSR count). The lowest BCUT2D eigenvalue weighted by Gasteiger charge is -2.39. The minimum atomic E-state index is -1.37. The van der Waals surface area contributed by atoms with Crippen LogP contribution >= 0.6 is 11.6 Å². The van der Waals surface area contributed by atoms with E-state index in [2.05, 4.69) is 16.7 Å². The number of benzene rings is 1. The summed E-state index contributed by atoms with van der Waals surface area (Å²) in [4.78, 5) is 26.9. The number of aliphatic hydroxyl groups is 2. The predicted molar refractivity (Wildman–Crippen MR) is 122 cm³/mol. The van der Waals surface area contributed by atoms with E-state index in [0.717, 1.165) is 31.5 Å². The molecular formula is C23H33ClN4O4. The third-order valence-corrected chi connectivity index (χ3v) is 6.26. The predicted octanol–water partition coefficient (Wildman–Crippen LogP) is 1.16. The molecule has 1 aromatic rings. The van der Waals surface area contributed by atoms with Crippen LogP contribution in [0.4, 0.5) is 0 Å². The summed E-state index contributed by atoms with van der Waals surface area (Å²) in [6.45, 7) is 4.90. The first-order valence-electron chi connectivity index (χ1n) is 10.9. The molecule has 0 spiro atoms. The highest BCUT2D eigenvalue weighted by Gasteiger charge is 2.34. The van der Waals surface area contributed by atoms with Gasteiger partial charge in [0.2, 0.25) is 11.8 Å². The maximum atomic E-state index is 12.8. The topological polar surface area (TPSA) is 126 Å². The van der Waals surface area contributed by atoms with Crippen LogP contribution in [0.3, 0.4) is 0 Å². The van der Waals surface area contributed by atoms with E-state index in [1.165, 1.54) is 0 Å². The van der Waals surface area contributed by atoms with Crippen molar-refractivity contribution < 1.29 is 19.8 Å². The average molecular weight is 465 g/mol. The fraction of sp³-hybridized carbons (Fsp3) is 0.609. The van der Waals surface area contributed by atoms with Crippen molar-refractivity contribution in [1.29, 1.82) is 5.26 Å². The van der Waals surface area contributed by atoms with Gasteiger partial charge in [-0.2, -0.15) is 5.26 Å². The van der Waals surface area contributed by atoms with Crippen LogP contribution < -0.4 is 10.6 Å². The van der Waals surface area contributed by atoms with Crippen LogP contribution in [0.15, 0.2) is 24.3 Å². The molecule has 1 saturated heterocycles. The van der Waals surface area contributed by atoms with Gasteiger partial charge in [-0.15, -0.1) is 11.6 Å². The number of carbonyl (C=O) groups excluding carboxylic acids is 2. The second kappa shape index (κ2) is 12.2. The van der Waals surface area contributed by atoms with Gasteiger partial charge in [0, 0.05) is 18.5 Å². The number of nitriles is 1. The Hall–Kier alpha value is -2.18. The van der Waals surface area contributed by atoms with Gasteiger partial charge in [0.15, 0.2) is 0 Å². The second-order valence-corrected chi connectivity index (χ2v) is 9.09. The third kappa shape index (κ3) is 6.66. The van der Waals surface area contributed by atoms with Crippen LogP contribution in [0.1, 0.15) is 43.9 Å². The summed E-state index contributed by atoms with van der Waals surface area (Å²) in [7, 11) is 0. The van der Waals surface area contributed by atoms with Crippen molar-refractivity contribution >= 4 is 23.4 Å². The molecule has 0 bridgehead atoms. The Bertz CT molecular complexity index is 803. The fourth-order valence-electron chi connectivity index (χ4n) is 3.95. The molecule has 32 heavy (non-hydrogen) atoms. The van der Waals surface area contributed by atoms with Gasteiger partial charge in [-0.25, -0.2) is 0 Å². The van der Waals surface area contributed by atoms with Gasteiger partial charge in [-0.1, -0.05) is 26.0 Å². The summed E-state index contributed by atoms with van der Waals surface area (Å²) < 4.78 is 0. The molecule has 1 aromatic carbocycles. The Morgan fingerprint density at radius 3 is 2.47 bits per heavy atom. The van der Waals surface area contributed by atoms with Crippen molar-refractivity contribution in [2.75, 3.05) is 38.7 Å². The Balaban J connectivity index is 2.22. The van der Waals surface area contributed by atoms with E-state index in [-0.39, 0.29) is 43.4 Å². The molecule has 1 fully saturated rings. The monoisotopic (exact) mass is 464 g/mol. The van der Waals surface area contributed by atoms with Crippen molar-refractivity contribution in [2.45, 2.75) is 38.8 Å². The summed E-state index contributed by atoms with van der Waals surface area (Å²) in [6.07, 6.45) is 0.391. The van der Waals surface area contributed by atoms with Crippen LogP contribution in [0.2, 0.25) is 0 Å². The fourth-order valence-corrected chi connectivity index (χ4v) is 4.11. The van der Waals surface area contributed by atoms with Gasteiger partial charge in [-0.05, 0) is 49.5 Å². The molecule has 1 aliphatic rings. The summed E-state index contributed by atoms with van der Waals surface area (Å²) in [5.41, 5.74) is 0.485. The Labute approximate surface area is 194 Å². The molecule has 2 amide bonds. The van der Waals surface area contributed by atoms with E-state index in [4.69, 9.17) is 16.9 Å². The van der Waals surface area contributed by atoms with E-state index < -0.39 is 17.4 Å². The Morgan fingerprint density at radius 1 is 1.31 bits per heavy atom. The zero-order valence-electron chi connectivity index (χ0n) is 18.7. The van der Waals surface area contributed by atoms with Gasteiger partial charge in [-0.3, -0.25) is 9.59 Å². The molecule has 2 unspecified atom stereocenters. The highest BCUT2D eigenvalue weighted by molar-refractivity contribution is 6.27. The quantitative estimate of drug-likeness (QED) is 0.385. The molecule has 0 aromatic heterocycles. The SMILES string of the molecule is CC(C)(CO)C(O)C(=O)NCCN(C(=O)CCl)C(c1ccc(C#N)cc1)C1CCNCC1. The molecular weight excluding hydrogens is 432 g/mol. The molecule has 9 heteroatoms. The second-order valence-electron chi connectivity index (χ2n) is 8.83. The molecule has 2 atom stereocenters. The summed E-state index contributed by atoms with van der Waals surface area (Å²) >= 11 is 5.93. The summed E-state index contributed by atoms with van der Waals surface area (Å²) in [5.74, 6) is -0.832. The number of alkyl halides is 1. The molecule has 0 aliphatic carbocycles. The normalized spacial score (nSPS) is 16.6. The zero-order chi connectivity index (χ0) is 23.7. The van der Waals surface area contributed by atoms with E-state index >= 15 is 0 Å². The minimum Gasteiger partial charge on any atom is -0.396 e. The first-order chi connectivity index (χ1) is 15.2. The van der Waals surface area contributed by atoms with Gasteiger partial charge in [0.05, 0.1) is 24.3 Å². The van der Waals surface area contributed by atoms with Gasteiger partial charge < -0.3 is 25.7 Å². The lowest BCUT2D eigenvalue weighted by Crippen LogP contribution is -2.49. The largest absolute Gasteiger partial charge is 0.396 e. The number of halogens is 1. The van der Waals surface area contributed by atoms with E-state index in [1.54, 1.807) is 30.9 Å². The molecule has 0 radical (unpaired) electrons. The number of nitrogens with one attached hydrogen (secondary N) is 2. The molecule has 176 valence electrons. The van der Waals surface area contributed by atoms with Gasteiger partial charge >= 0.3 is 0 Å². The maximum absolute atomic E-state index is 12.8. The van der Waals surface area contributed by atoms with Crippen LogP contribution in [0, 0.1) is 22.7 Å². The van der Waals surface area contributed by atoms with Gasteiger partial charge in [0.25, 0.3) is 0 Å². The molecule has 8 nitrogen and oxygen atoms in total. The average Bonchev–Trinajstić information content (AvgIpc) is 2.83. The van der Waals surface area contributed by atoms with Crippen molar-refractivity contribution in [3.05, 3.63) is 35.4 Å². The summed E-state index contributed by atoms with van der Waals surface area (Å²) in [6, 6.07) is 9.08. The summed E-state index contributed by atoms with van der Waals surface area (Å²) in [5, 5.41) is 34.7. The number of piperidine rings is 1. The molecule has 1 heterocycles. The standard InChI is InChI=1S/C23H33ClN4O4/c1-23(2,15-29)21(31)22(32)27-11-12-28(19(30)13-24)20(18-7-9-26-10-8-18)17-5-3-16(14-25)4-6-17/h3-6,18,20-21,26,29,31H,7-13,15H2,1-2H3,(H,27,32). The third-order valence-electron chi connectivity index (χ3n) is 6.03. The van der Waals surface area contributed by atoms with E-state index in [0.29, 0.717) is 5.56 Å².